The number of amides is 1. The minimum Gasteiger partial charge on any atom is -0.467 e. The van der Waals surface area contributed by atoms with E-state index in [1.54, 1.807) is 36.4 Å². The molecule has 0 spiro atoms. The number of benzene rings is 2. The van der Waals surface area contributed by atoms with Gasteiger partial charge in [0, 0.05) is 6.42 Å². The van der Waals surface area contributed by atoms with Gasteiger partial charge in [0.25, 0.3) is 0 Å². The standard InChI is InChI=1S/C42H61NO11Si2/c1-41(2,3)55(8,9)49-27-35-33(44)21-23-38(53-35)52-34-22-24-37(54-36(34)28-50-56(10,11)42(4,5)6)51-31-19-17-29(18-20-31)25-32(39(45)47-7)43-40(46)48-26-30-15-13-12-14-16-30/h12-24,32,34-38H,25-28H2,1-11H3,(H,43,46)/t32-,34+,35-,36-,37+,38+/m1/s1. The molecule has 2 aliphatic heterocycles. The van der Waals surface area contributed by atoms with Crippen molar-refractivity contribution in [3.8, 4) is 5.75 Å². The SMILES string of the molecule is COC(=O)[C@@H](Cc1ccc(O[C@@H]2C=C[C@H](O[C@@H]3C=CC(=O)[C@@H](CO[Si](C)(C)C(C)(C)C)O3)[C@@H](CO[Si](C)(C)C(C)(C)C)O2)cc1)NC(=O)OCc1ccccc1. The molecule has 1 N–H and O–H groups in total. The Balaban J connectivity index is 1.41. The van der Waals surface area contributed by atoms with E-state index in [-0.39, 0.29) is 42.1 Å². The number of ketones is 1. The molecule has 2 aromatic rings. The fraction of sp³-hybridized carbons (Fsp3) is 0.548. The summed E-state index contributed by atoms with van der Waals surface area (Å²) in [5.74, 6) is -0.228. The summed E-state index contributed by atoms with van der Waals surface area (Å²) in [7, 11) is -3.00. The summed E-state index contributed by atoms with van der Waals surface area (Å²) in [5, 5.41) is 2.57. The molecule has 2 aromatic carbocycles. The van der Waals surface area contributed by atoms with Crippen LogP contribution < -0.4 is 10.1 Å². The normalized spacial score (nSPS) is 22.3. The van der Waals surface area contributed by atoms with Crippen LogP contribution in [0.15, 0.2) is 78.9 Å². The minimum atomic E-state index is -2.16. The summed E-state index contributed by atoms with van der Waals surface area (Å²) < 4.78 is 48.3. The van der Waals surface area contributed by atoms with E-state index in [4.69, 9.17) is 37.3 Å². The Labute approximate surface area is 334 Å². The van der Waals surface area contributed by atoms with Gasteiger partial charge in [-0.1, -0.05) is 90.1 Å². The zero-order chi connectivity index (χ0) is 41.3. The smallest absolute Gasteiger partial charge is 0.408 e. The number of rotatable bonds is 16. The summed E-state index contributed by atoms with van der Waals surface area (Å²) >= 11 is 0. The molecule has 12 nitrogen and oxygen atoms in total. The molecule has 6 atom stereocenters. The number of esters is 1. The molecule has 0 radical (unpaired) electrons. The Morgan fingerprint density at radius 1 is 0.786 bits per heavy atom. The quantitative estimate of drug-likeness (QED) is 0.102. The molecule has 0 bridgehead atoms. The molecule has 4 rings (SSSR count). The number of hydrogen-bond acceptors (Lipinski definition) is 11. The molecule has 1 amide bonds. The Morgan fingerprint density at radius 3 is 2.02 bits per heavy atom. The second kappa shape index (κ2) is 19.2. The van der Waals surface area contributed by atoms with Gasteiger partial charge in [-0.25, -0.2) is 9.59 Å². The highest BCUT2D eigenvalue weighted by Crippen LogP contribution is 2.38. The number of carbonyl (C=O) groups excluding carboxylic acids is 3. The lowest BCUT2D eigenvalue weighted by Crippen LogP contribution is -2.49. The van der Waals surface area contributed by atoms with Crippen molar-refractivity contribution in [3.63, 3.8) is 0 Å². The average Bonchev–Trinajstić information content (AvgIpc) is 3.13. The van der Waals surface area contributed by atoms with Gasteiger partial charge in [0.2, 0.25) is 6.29 Å². The molecule has 0 fully saturated rings. The molecule has 2 heterocycles. The van der Waals surface area contributed by atoms with Crippen molar-refractivity contribution in [1.29, 1.82) is 0 Å². The van der Waals surface area contributed by atoms with Gasteiger partial charge in [0.15, 0.2) is 28.7 Å². The summed E-state index contributed by atoms with van der Waals surface area (Å²) in [6.45, 7) is 22.1. The van der Waals surface area contributed by atoms with E-state index < -0.39 is 65.6 Å². The predicted octanol–water partition coefficient (Wildman–Crippen LogP) is 7.64. The maximum Gasteiger partial charge on any atom is 0.408 e. The van der Waals surface area contributed by atoms with Crippen LogP contribution in [0.4, 0.5) is 4.79 Å². The topological polar surface area (TPSA) is 137 Å². The Bertz CT molecular complexity index is 1670. The van der Waals surface area contributed by atoms with Gasteiger partial charge in [0.05, 0.1) is 20.3 Å². The molecule has 0 saturated carbocycles. The van der Waals surface area contributed by atoms with Crippen molar-refractivity contribution in [2.24, 2.45) is 0 Å². The Morgan fingerprint density at radius 2 is 1.41 bits per heavy atom. The van der Waals surface area contributed by atoms with E-state index in [1.807, 2.05) is 36.4 Å². The number of nitrogens with one attached hydrogen (secondary N) is 1. The van der Waals surface area contributed by atoms with E-state index in [2.05, 4.69) is 73.0 Å². The molecule has 0 unspecified atom stereocenters. The lowest BCUT2D eigenvalue weighted by atomic mass is 10.1. The fourth-order valence-corrected chi connectivity index (χ4v) is 7.20. The van der Waals surface area contributed by atoms with Crippen molar-refractivity contribution in [2.45, 2.75) is 128 Å². The van der Waals surface area contributed by atoms with Crippen LogP contribution in [-0.2, 0) is 55.2 Å². The highest BCUT2D eigenvalue weighted by atomic mass is 28.4. The lowest BCUT2D eigenvalue weighted by Gasteiger charge is -2.40. The van der Waals surface area contributed by atoms with E-state index in [1.165, 1.54) is 13.2 Å². The van der Waals surface area contributed by atoms with Crippen molar-refractivity contribution in [1.82, 2.24) is 5.32 Å². The van der Waals surface area contributed by atoms with Crippen LogP contribution in [0.2, 0.25) is 36.3 Å². The third-order valence-corrected chi connectivity index (χ3v) is 19.9. The number of methoxy groups -OCH3 is 1. The maximum atomic E-state index is 12.8. The first-order chi connectivity index (χ1) is 26.2. The Hall–Kier alpha value is -3.64. The first-order valence-corrected chi connectivity index (χ1v) is 24.9. The van der Waals surface area contributed by atoms with Crippen LogP contribution in [-0.4, -0.2) is 91.7 Å². The molecular weight excluding hydrogens is 751 g/mol. The van der Waals surface area contributed by atoms with Crippen LogP contribution >= 0.6 is 0 Å². The van der Waals surface area contributed by atoms with Crippen molar-refractivity contribution in [3.05, 3.63) is 90.0 Å². The predicted molar refractivity (Wildman–Crippen MR) is 218 cm³/mol. The van der Waals surface area contributed by atoms with Crippen LogP contribution in [0, 0.1) is 0 Å². The summed E-state index contributed by atoms with van der Waals surface area (Å²) in [5.41, 5.74) is 1.59. The zero-order valence-corrected chi connectivity index (χ0v) is 36.8. The van der Waals surface area contributed by atoms with Gasteiger partial charge in [0.1, 0.15) is 36.7 Å². The van der Waals surface area contributed by atoms with Crippen LogP contribution in [0.3, 0.4) is 0 Å². The van der Waals surface area contributed by atoms with Crippen molar-refractivity contribution < 1.29 is 51.7 Å². The van der Waals surface area contributed by atoms with Gasteiger partial charge >= 0.3 is 12.1 Å². The minimum absolute atomic E-state index is 0.00991. The lowest BCUT2D eigenvalue weighted by molar-refractivity contribution is -0.214. The fourth-order valence-electron chi connectivity index (χ4n) is 5.19. The molecule has 14 heteroatoms. The molecule has 56 heavy (non-hydrogen) atoms. The van der Waals surface area contributed by atoms with Crippen LogP contribution in [0.1, 0.15) is 52.7 Å². The van der Waals surface area contributed by atoms with Crippen LogP contribution in [0.5, 0.6) is 5.75 Å². The number of ether oxygens (including phenoxy) is 6. The van der Waals surface area contributed by atoms with E-state index in [0.29, 0.717) is 5.75 Å². The molecule has 0 aliphatic carbocycles. The molecule has 0 saturated heterocycles. The summed E-state index contributed by atoms with van der Waals surface area (Å²) in [4.78, 5) is 37.8. The summed E-state index contributed by atoms with van der Waals surface area (Å²) in [6.07, 6.45) is 2.76. The molecule has 308 valence electrons. The van der Waals surface area contributed by atoms with Gasteiger partial charge in [-0.05, 0) is 77.8 Å². The maximum absolute atomic E-state index is 12.8. The van der Waals surface area contributed by atoms with Crippen LogP contribution in [0.25, 0.3) is 0 Å². The highest BCUT2D eigenvalue weighted by Gasteiger charge is 2.41. The molecular formula is C42H61NO11Si2. The van der Waals surface area contributed by atoms with E-state index in [0.717, 1.165) is 11.1 Å². The third kappa shape index (κ3) is 12.9. The van der Waals surface area contributed by atoms with Gasteiger partial charge in [-0.15, -0.1) is 0 Å². The first-order valence-electron chi connectivity index (χ1n) is 19.1. The highest BCUT2D eigenvalue weighted by molar-refractivity contribution is 6.74. The average molecular weight is 812 g/mol. The largest absolute Gasteiger partial charge is 0.467 e. The van der Waals surface area contributed by atoms with E-state index in [9.17, 15) is 14.4 Å². The van der Waals surface area contributed by atoms with Crippen molar-refractivity contribution >= 4 is 34.5 Å². The molecule has 0 aromatic heterocycles. The second-order valence-corrected chi connectivity index (χ2v) is 26.8. The zero-order valence-electron chi connectivity index (χ0n) is 34.8. The summed E-state index contributed by atoms with van der Waals surface area (Å²) in [6, 6.07) is 15.4. The monoisotopic (exact) mass is 811 g/mol. The van der Waals surface area contributed by atoms with Gasteiger partial charge < -0.3 is 42.6 Å². The van der Waals surface area contributed by atoms with Gasteiger partial charge in [-0.2, -0.15) is 0 Å². The van der Waals surface area contributed by atoms with E-state index >= 15 is 0 Å². The number of carbonyl (C=O) groups is 3. The number of hydrogen-bond donors (Lipinski definition) is 1. The first kappa shape index (κ1) is 45.1. The van der Waals surface area contributed by atoms with Gasteiger partial charge in [-0.3, -0.25) is 4.79 Å². The van der Waals surface area contributed by atoms with Crippen molar-refractivity contribution in [2.75, 3.05) is 20.3 Å². The number of alkyl carbamates (subject to hydrolysis) is 1. The Kier molecular flexibility index (Phi) is 15.5. The second-order valence-electron chi connectivity index (χ2n) is 17.2. The third-order valence-electron chi connectivity index (χ3n) is 10.9. The molecule has 2 aliphatic rings.